The monoisotopic (exact) mass is 228 g/mol. The third-order valence-corrected chi connectivity index (χ3v) is 3.12. The van der Waals surface area contributed by atoms with Crippen LogP contribution in [0, 0.1) is 0 Å². The number of carbonyl (C=O) groups is 1. The van der Waals surface area contributed by atoms with Crippen LogP contribution in [0.25, 0.3) is 0 Å². The Kier molecular flexibility index (Phi) is 5.77. The van der Waals surface area contributed by atoms with Crippen LogP contribution in [0.4, 0.5) is 0 Å². The lowest BCUT2D eigenvalue weighted by atomic mass is 9.92. The standard InChI is InChI=1S/C12H24N2O2/c1-3-4-7-13-11(15)10-14-12(2)5-8-16-9-6-12/h14H,3-10H2,1-2H3,(H,13,15). The summed E-state index contributed by atoms with van der Waals surface area (Å²) in [4.78, 5) is 11.5. The molecule has 0 radical (unpaired) electrons. The van der Waals surface area contributed by atoms with Crippen LogP contribution in [0.15, 0.2) is 0 Å². The predicted octanol–water partition coefficient (Wildman–Crippen LogP) is 1.06. The molecule has 0 spiro atoms. The van der Waals surface area contributed by atoms with E-state index >= 15 is 0 Å². The van der Waals surface area contributed by atoms with Crippen molar-refractivity contribution in [3.63, 3.8) is 0 Å². The predicted molar refractivity (Wildman–Crippen MR) is 64.4 cm³/mol. The van der Waals surface area contributed by atoms with Gasteiger partial charge in [0, 0.05) is 25.3 Å². The molecule has 1 aliphatic heterocycles. The fourth-order valence-electron chi connectivity index (χ4n) is 1.76. The summed E-state index contributed by atoms with van der Waals surface area (Å²) >= 11 is 0. The molecule has 1 saturated heterocycles. The van der Waals surface area contributed by atoms with E-state index in [-0.39, 0.29) is 11.4 Å². The average Bonchev–Trinajstić information content (AvgIpc) is 2.28. The van der Waals surface area contributed by atoms with E-state index in [1.54, 1.807) is 0 Å². The molecule has 2 N–H and O–H groups in total. The molecule has 0 aromatic rings. The van der Waals surface area contributed by atoms with Crippen molar-refractivity contribution in [1.29, 1.82) is 0 Å². The minimum atomic E-state index is 0.0698. The minimum absolute atomic E-state index is 0.0698. The normalized spacial score (nSPS) is 19.4. The summed E-state index contributed by atoms with van der Waals surface area (Å²) in [6, 6.07) is 0. The van der Waals surface area contributed by atoms with Gasteiger partial charge in [-0.2, -0.15) is 0 Å². The minimum Gasteiger partial charge on any atom is -0.381 e. The topological polar surface area (TPSA) is 50.4 Å². The Morgan fingerprint density at radius 3 is 2.69 bits per heavy atom. The first kappa shape index (κ1) is 13.5. The van der Waals surface area contributed by atoms with Gasteiger partial charge in [0.1, 0.15) is 0 Å². The second-order valence-electron chi connectivity index (χ2n) is 4.73. The summed E-state index contributed by atoms with van der Waals surface area (Å²) in [6.45, 7) is 7.07. The number of rotatable bonds is 6. The Morgan fingerprint density at radius 2 is 2.06 bits per heavy atom. The van der Waals surface area contributed by atoms with Gasteiger partial charge in [-0.15, -0.1) is 0 Å². The fraction of sp³-hybridized carbons (Fsp3) is 0.917. The van der Waals surface area contributed by atoms with Gasteiger partial charge in [-0.05, 0) is 26.2 Å². The first-order valence-electron chi connectivity index (χ1n) is 6.26. The number of nitrogens with one attached hydrogen (secondary N) is 2. The molecule has 0 bridgehead atoms. The average molecular weight is 228 g/mol. The van der Waals surface area contributed by atoms with Crippen LogP contribution in [-0.4, -0.2) is 37.7 Å². The van der Waals surface area contributed by atoms with Gasteiger partial charge in [0.05, 0.1) is 6.54 Å². The van der Waals surface area contributed by atoms with Crippen LogP contribution in [0.2, 0.25) is 0 Å². The van der Waals surface area contributed by atoms with Crippen LogP contribution in [0.5, 0.6) is 0 Å². The van der Waals surface area contributed by atoms with Gasteiger partial charge in [0.15, 0.2) is 0 Å². The van der Waals surface area contributed by atoms with Crippen LogP contribution in [0.3, 0.4) is 0 Å². The summed E-state index contributed by atoms with van der Waals surface area (Å²) < 4.78 is 5.31. The lowest BCUT2D eigenvalue weighted by Gasteiger charge is -2.34. The highest BCUT2D eigenvalue weighted by atomic mass is 16.5. The molecule has 1 aliphatic rings. The van der Waals surface area contributed by atoms with Gasteiger partial charge < -0.3 is 15.4 Å². The van der Waals surface area contributed by atoms with Crippen molar-refractivity contribution in [2.24, 2.45) is 0 Å². The number of carbonyl (C=O) groups excluding carboxylic acids is 1. The van der Waals surface area contributed by atoms with Gasteiger partial charge in [-0.3, -0.25) is 4.79 Å². The van der Waals surface area contributed by atoms with E-state index in [0.717, 1.165) is 45.4 Å². The Morgan fingerprint density at radius 1 is 1.38 bits per heavy atom. The molecular weight excluding hydrogens is 204 g/mol. The summed E-state index contributed by atoms with van der Waals surface area (Å²) in [7, 11) is 0. The molecule has 1 heterocycles. The molecule has 0 unspecified atom stereocenters. The molecule has 94 valence electrons. The molecule has 0 saturated carbocycles. The van der Waals surface area contributed by atoms with Gasteiger partial charge >= 0.3 is 0 Å². The molecule has 0 atom stereocenters. The number of hydrogen-bond acceptors (Lipinski definition) is 3. The van der Waals surface area contributed by atoms with Gasteiger partial charge in [0.25, 0.3) is 0 Å². The largest absolute Gasteiger partial charge is 0.381 e. The van der Waals surface area contributed by atoms with Crippen molar-refractivity contribution >= 4 is 5.91 Å². The summed E-state index contributed by atoms with van der Waals surface area (Å²) in [5.74, 6) is 0.0983. The molecule has 1 rings (SSSR count). The second-order valence-corrected chi connectivity index (χ2v) is 4.73. The maximum absolute atomic E-state index is 11.5. The maximum atomic E-state index is 11.5. The molecule has 1 fully saturated rings. The first-order valence-corrected chi connectivity index (χ1v) is 6.26. The molecule has 4 heteroatoms. The fourth-order valence-corrected chi connectivity index (χ4v) is 1.76. The zero-order valence-electron chi connectivity index (χ0n) is 10.5. The molecule has 0 aromatic heterocycles. The molecule has 4 nitrogen and oxygen atoms in total. The van der Waals surface area contributed by atoms with E-state index in [0.29, 0.717) is 6.54 Å². The molecule has 0 aliphatic carbocycles. The molecule has 1 amide bonds. The molecular formula is C12H24N2O2. The Bertz CT molecular complexity index is 213. The smallest absolute Gasteiger partial charge is 0.233 e. The Balaban J connectivity index is 2.14. The lowest BCUT2D eigenvalue weighted by Crippen LogP contribution is -2.50. The van der Waals surface area contributed by atoms with Crippen molar-refractivity contribution in [2.45, 2.75) is 45.1 Å². The molecule has 0 aromatic carbocycles. The highest BCUT2D eigenvalue weighted by molar-refractivity contribution is 5.78. The summed E-state index contributed by atoms with van der Waals surface area (Å²) in [6.07, 6.45) is 4.13. The van der Waals surface area contributed by atoms with E-state index in [4.69, 9.17) is 4.74 Å². The van der Waals surface area contributed by atoms with Gasteiger partial charge in [0.2, 0.25) is 5.91 Å². The second kappa shape index (κ2) is 6.86. The van der Waals surface area contributed by atoms with Gasteiger partial charge in [-0.1, -0.05) is 13.3 Å². The highest BCUT2D eigenvalue weighted by Crippen LogP contribution is 2.18. The third-order valence-electron chi connectivity index (χ3n) is 3.12. The maximum Gasteiger partial charge on any atom is 0.233 e. The molecule has 16 heavy (non-hydrogen) atoms. The SMILES string of the molecule is CCCCNC(=O)CNC1(C)CCOCC1. The highest BCUT2D eigenvalue weighted by Gasteiger charge is 2.26. The number of unbranched alkanes of at least 4 members (excludes halogenated alkanes) is 1. The zero-order valence-corrected chi connectivity index (χ0v) is 10.5. The number of amides is 1. The van der Waals surface area contributed by atoms with E-state index in [9.17, 15) is 4.79 Å². The van der Waals surface area contributed by atoms with Crippen molar-refractivity contribution in [3.05, 3.63) is 0 Å². The summed E-state index contributed by atoms with van der Waals surface area (Å²) in [5, 5.41) is 6.24. The van der Waals surface area contributed by atoms with Crippen LogP contribution in [0.1, 0.15) is 39.5 Å². The van der Waals surface area contributed by atoms with E-state index < -0.39 is 0 Å². The van der Waals surface area contributed by atoms with E-state index in [1.807, 2.05) is 0 Å². The summed E-state index contributed by atoms with van der Waals surface area (Å²) in [5.41, 5.74) is 0.0698. The number of ether oxygens (including phenoxy) is 1. The van der Waals surface area contributed by atoms with Crippen molar-refractivity contribution in [2.75, 3.05) is 26.3 Å². The number of hydrogen-bond donors (Lipinski definition) is 2. The zero-order chi connectivity index (χ0) is 11.9. The third kappa shape index (κ3) is 4.94. The Labute approximate surface area is 98.1 Å². The quantitative estimate of drug-likeness (QED) is 0.668. The van der Waals surface area contributed by atoms with E-state index in [1.165, 1.54) is 0 Å². The van der Waals surface area contributed by atoms with E-state index in [2.05, 4.69) is 24.5 Å². The lowest BCUT2D eigenvalue weighted by molar-refractivity contribution is -0.120. The van der Waals surface area contributed by atoms with Crippen molar-refractivity contribution in [3.8, 4) is 0 Å². The van der Waals surface area contributed by atoms with Crippen LogP contribution >= 0.6 is 0 Å². The van der Waals surface area contributed by atoms with Crippen molar-refractivity contribution < 1.29 is 9.53 Å². The van der Waals surface area contributed by atoms with Crippen LogP contribution in [-0.2, 0) is 9.53 Å². The van der Waals surface area contributed by atoms with Crippen molar-refractivity contribution in [1.82, 2.24) is 10.6 Å². The van der Waals surface area contributed by atoms with Crippen LogP contribution < -0.4 is 10.6 Å². The Hall–Kier alpha value is -0.610. The first-order chi connectivity index (χ1) is 7.66. The van der Waals surface area contributed by atoms with Gasteiger partial charge in [-0.25, -0.2) is 0 Å².